The molecule has 1 aromatic heterocycles. The Morgan fingerprint density at radius 2 is 2.39 bits per heavy atom. The maximum Gasteiger partial charge on any atom is 0.333 e. The van der Waals surface area contributed by atoms with E-state index in [1.807, 2.05) is 6.92 Å². The Morgan fingerprint density at radius 1 is 1.67 bits per heavy atom. The van der Waals surface area contributed by atoms with Crippen LogP contribution in [0, 0.1) is 10.1 Å². The van der Waals surface area contributed by atoms with E-state index in [2.05, 4.69) is 22.7 Å². The van der Waals surface area contributed by atoms with Crippen LogP contribution in [0.3, 0.4) is 0 Å². The Kier molecular flexibility index (Phi) is 3.25. The molecule has 18 heavy (non-hydrogen) atoms. The zero-order valence-electron chi connectivity index (χ0n) is 11.0. The maximum absolute atomic E-state index is 11.2. The average Bonchev–Trinajstić information content (AvgIpc) is 2.85. The molecule has 2 heterocycles. The third-order valence-electron chi connectivity index (χ3n) is 3.40. The van der Waals surface area contributed by atoms with Gasteiger partial charge in [0.2, 0.25) is 5.82 Å². The Balaban J connectivity index is 2.37. The summed E-state index contributed by atoms with van der Waals surface area (Å²) in [5.41, 5.74) is 0.483. The topological polar surface area (TPSA) is 85.0 Å². The number of anilines is 1. The maximum atomic E-state index is 11.2. The Hall–Kier alpha value is -1.63. The van der Waals surface area contributed by atoms with E-state index in [1.165, 1.54) is 0 Å². The molecular formula is C11H19N5O2. The van der Waals surface area contributed by atoms with E-state index in [9.17, 15) is 10.1 Å². The zero-order chi connectivity index (χ0) is 13.3. The number of hydrogen-bond acceptors (Lipinski definition) is 5. The molecule has 7 heteroatoms. The molecule has 0 aromatic carbocycles. The van der Waals surface area contributed by atoms with Crippen LogP contribution in [0.5, 0.6) is 0 Å². The zero-order valence-corrected chi connectivity index (χ0v) is 11.0. The van der Waals surface area contributed by atoms with E-state index >= 15 is 0 Å². The van der Waals surface area contributed by atoms with Crippen molar-refractivity contribution >= 4 is 11.5 Å². The number of aryl methyl sites for hydroxylation is 2. The van der Waals surface area contributed by atoms with Gasteiger partial charge >= 0.3 is 5.69 Å². The molecule has 0 radical (unpaired) electrons. The van der Waals surface area contributed by atoms with Gasteiger partial charge in [-0.2, -0.15) is 5.10 Å². The van der Waals surface area contributed by atoms with Gasteiger partial charge in [-0.15, -0.1) is 0 Å². The molecule has 0 amide bonds. The van der Waals surface area contributed by atoms with Crippen LogP contribution in [0.4, 0.5) is 11.5 Å². The van der Waals surface area contributed by atoms with Crippen molar-refractivity contribution in [2.24, 2.45) is 7.05 Å². The lowest BCUT2D eigenvalue weighted by molar-refractivity contribution is -0.384. The van der Waals surface area contributed by atoms with Gasteiger partial charge in [-0.1, -0.05) is 6.92 Å². The van der Waals surface area contributed by atoms with Gasteiger partial charge in [-0.25, -0.2) is 4.68 Å². The van der Waals surface area contributed by atoms with Crippen LogP contribution in [0.15, 0.2) is 0 Å². The fourth-order valence-electron chi connectivity index (χ4n) is 2.35. The van der Waals surface area contributed by atoms with Gasteiger partial charge in [0.25, 0.3) is 0 Å². The second-order valence-corrected chi connectivity index (χ2v) is 4.99. The Morgan fingerprint density at radius 3 is 2.89 bits per heavy atom. The molecule has 0 aliphatic carbocycles. The number of nitrogens with one attached hydrogen (secondary N) is 2. The molecule has 1 aliphatic heterocycles. The lowest BCUT2D eigenvalue weighted by Gasteiger charge is -2.25. The molecule has 100 valence electrons. The Bertz CT molecular complexity index is 462. The van der Waals surface area contributed by atoms with Gasteiger partial charge in [0.05, 0.1) is 4.92 Å². The van der Waals surface area contributed by atoms with Crippen molar-refractivity contribution < 1.29 is 4.92 Å². The number of hydrogen-bond donors (Lipinski definition) is 2. The summed E-state index contributed by atoms with van der Waals surface area (Å²) in [5.74, 6) is 0.503. The summed E-state index contributed by atoms with van der Waals surface area (Å²) in [5, 5.41) is 22.0. The smallest absolute Gasteiger partial charge is 0.333 e. The van der Waals surface area contributed by atoms with Crippen molar-refractivity contribution in [2.45, 2.75) is 32.2 Å². The van der Waals surface area contributed by atoms with E-state index in [0.29, 0.717) is 17.9 Å². The van der Waals surface area contributed by atoms with E-state index in [-0.39, 0.29) is 16.1 Å². The minimum Gasteiger partial charge on any atom is -0.358 e. The van der Waals surface area contributed by atoms with Crippen LogP contribution in [0.2, 0.25) is 0 Å². The van der Waals surface area contributed by atoms with Crippen molar-refractivity contribution in [1.29, 1.82) is 0 Å². The van der Waals surface area contributed by atoms with Crippen LogP contribution in [-0.2, 0) is 13.5 Å². The van der Waals surface area contributed by atoms with Crippen molar-refractivity contribution in [3.63, 3.8) is 0 Å². The number of rotatable bonds is 4. The number of nitro groups is 1. The van der Waals surface area contributed by atoms with Gasteiger partial charge < -0.3 is 10.6 Å². The SMILES string of the molecule is CCc1nn(C)c(NC2(C)CCNC2)c1[N+](=O)[O-]. The monoisotopic (exact) mass is 253 g/mol. The third-order valence-corrected chi connectivity index (χ3v) is 3.40. The number of nitrogens with zero attached hydrogens (tertiary/aromatic N) is 3. The average molecular weight is 253 g/mol. The van der Waals surface area contributed by atoms with Gasteiger partial charge in [-0.05, 0) is 26.3 Å². The van der Waals surface area contributed by atoms with Gasteiger partial charge in [0.1, 0.15) is 5.69 Å². The first kappa shape index (κ1) is 12.8. The highest BCUT2D eigenvalue weighted by Crippen LogP contribution is 2.32. The summed E-state index contributed by atoms with van der Waals surface area (Å²) in [4.78, 5) is 10.8. The van der Waals surface area contributed by atoms with Crippen LogP contribution >= 0.6 is 0 Å². The highest BCUT2D eigenvalue weighted by molar-refractivity contribution is 5.61. The molecule has 1 fully saturated rings. The molecule has 0 saturated carbocycles. The van der Waals surface area contributed by atoms with E-state index in [0.717, 1.165) is 19.5 Å². The predicted molar refractivity (Wildman–Crippen MR) is 68.8 cm³/mol. The molecule has 0 spiro atoms. The summed E-state index contributed by atoms with van der Waals surface area (Å²) in [6.07, 6.45) is 1.50. The lowest BCUT2D eigenvalue weighted by atomic mass is 10.0. The standard InChI is InChI=1S/C11H19N5O2/c1-4-8-9(16(17)18)10(15(3)14-8)13-11(2)5-6-12-7-11/h12-13H,4-7H2,1-3H3. The highest BCUT2D eigenvalue weighted by Gasteiger charge is 2.34. The first-order valence-electron chi connectivity index (χ1n) is 6.16. The first-order valence-corrected chi connectivity index (χ1v) is 6.16. The summed E-state index contributed by atoms with van der Waals surface area (Å²) < 4.78 is 1.57. The van der Waals surface area contributed by atoms with Crippen LogP contribution in [-0.4, -0.2) is 33.3 Å². The molecule has 1 unspecified atom stereocenters. The lowest BCUT2D eigenvalue weighted by Crippen LogP contribution is -2.37. The second-order valence-electron chi connectivity index (χ2n) is 4.99. The van der Waals surface area contributed by atoms with Crippen LogP contribution in [0.1, 0.15) is 26.0 Å². The van der Waals surface area contributed by atoms with Crippen LogP contribution < -0.4 is 10.6 Å². The fourth-order valence-corrected chi connectivity index (χ4v) is 2.35. The molecule has 1 atom stereocenters. The molecule has 1 saturated heterocycles. The minimum atomic E-state index is -0.347. The van der Waals surface area contributed by atoms with E-state index in [1.54, 1.807) is 11.7 Å². The summed E-state index contributed by atoms with van der Waals surface area (Å²) in [6, 6.07) is 0. The molecule has 1 aliphatic rings. The van der Waals surface area contributed by atoms with Crippen molar-refractivity contribution in [1.82, 2.24) is 15.1 Å². The van der Waals surface area contributed by atoms with Crippen molar-refractivity contribution in [3.05, 3.63) is 15.8 Å². The molecule has 7 nitrogen and oxygen atoms in total. The van der Waals surface area contributed by atoms with Crippen molar-refractivity contribution in [3.8, 4) is 0 Å². The third kappa shape index (κ3) is 2.17. The quantitative estimate of drug-likeness (QED) is 0.619. The Labute approximate surface area is 106 Å². The summed E-state index contributed by atoms with van der Waals surface area (Å²) in [7, 11) is 1.74. The van der Waals surface area contributed by atoms with Gasteiger partial charge in [-0.3, -0.25) is 10.1 Å². The summed E-state index contributed by atoms with van der Waals surface area (Å²) >= 11 is 0. The predicted octanol–water partition coefficient (Wildman–Crippen LogP) is 1.05. The first-order chi connectivity index (χ1) is 8.47. The largest absolute Gasteiger partial charge is 0.358 e. The molecular weight excluding hydrogens is 234 g/mol. The van der Waals surface area contributed by atoms with E-state index < -0.39 is 0 Å². The highest BCUT2D eigenvalue weighted by atomic mass is 16.6. The number of aromatic nitrogens is 2. The van der Waals surface area contributed by atoms with E-state index in [4.69, 9.17) is 0 Å². The van der Waals surface area contributed by atoms with Gasteiger partial charge in [0.15, 0.2) is 0 Å². The normalized spacial score (nSPS) is 23.3. The molecule has 2 N–H and O–H groups in total. The fraction of sp³-hybridized carbons (Fsp3) is 0.727. The molecule has 1 aromatic rings. The second kappa shape index (κ2) is 4.56. The minimum absolute atomic E-state index is 0.105. The van der Waals surface area contributed by atoms with Gasteiger partial charge in [0, 0.05) is 19.1 Å². The summed E-state index contributed by atoms with van der Waals surface area (Å²) in [6.45, 7) is 5.67. The molecule has 2 rings (SSSR count). The molecule has 0 bridgehead atoms. The van der Waals surface area contributed by atoms with Crippen LogP contribution in [0.25, 0.3) is 0 Å². The van der Waals surface area contributed by atoms with Crippen molar-refractivity contribution in [2.75, 3.05) is 18.4 Å².